The summed E-state index contributed by atoms with van der Waals surface area (Å²) in [5.41, 5.74) is 1.80. The molecule has 0 unspecified atom stereocenters. The second kappa shape index (κ2) is 5.31. The Labute approximate surface area is 106 Å². The lowest BCUT2D eigenvalue weighted by Gasteiger charge is -2.27. The van der Waals surface area contributed by atoms with Crippen LogP contribution in [0.5, 0.6) is 0 Å². The molecule has 0 bridgehead atoms. The number of ether oxygens (including phenoxy) is 1. The first-order chi connectivity index (χ1) is 8.63. The number of methoxy groups -OCH3 is 1. The van der Waals surface area contributed by atoms with E-state index in [-0.39, 0.29) is 11.8 Å². The predicted octanol–water partition coefficient (Wildman–Crippen LogP) is 2.09. The highest BCUT2D eigenvalue weighted by Gasteiger charge is 2.24. The van der Waals surface area contributed by atoms with Crippen LogP contribution in [0.15, 0.2) is 29.8 Å². The minimum absolute atomic E-state index is 0.302. The van der Waals surface area contributed by atoms with E-state index >= 15 is 0 Å². The van der Waals surface area contributed by atoms with Gasteiger partial charge in [0, 0.05) is 24.2 Å². The first-order valence-corrected chi connectivity index (χ1v) is 5.87. The molecule has 0 saturated carbocycles. The predicted molar refractivity (Wildman–Crippen MR) is 67.5 cm³/mol. The quantitative estimate of drug-likeness (QED) is 0.752. The molecular formula is C14H16FNO2. The van der Waals surface area contributed by atoms with Crippen molar-refractivity contribution in [3.05, 3.63) is 41.2 Å². The second-order valence-corrected chi connectivity index (χ2v) is 4.42. The first kappa shape index (κ1) is 12.8. The normalized spacial score (nSPS) is 16.8. The number of carbonyl (C=O) groups is 1. The Morgan fingerprint density at radius 1 is 1.39 bits per heavy atom. The third-order valence-corrected chi connectivity index (χ3v) is 3.17. The highest BCUT2D eigenvalue weighted by Crippen LogP contribution is 2.28. The van der Waals surface area contributed by atoms with E-state index in [1.165, 1.54) is 13.2 Å². The van der Waals surface area contributed by atoms with Crippen molar-refractivity contribution in [3.8, 4) is 0 Å². The van der Waals surface area contributed by atoms with Crippen molar-refractivity contribution in [1.82, 2.24) is 4.90 Å². The summed E-state index contributed by atoms with van der Waals surface area (Å²) in [7, 11) is 3.31. The topological polar surface area (TPSA) is 29.5 Å². The summed E-state index contributed by atoms with van der Waals surface area (Å²) in [5.74, 6) is -0.662. The van der Waals surface area contributed by atoms with Gasteiger partial charge < -0.3 is 9.64 Å². The van der Waals surface area contributed by atoms with Crippen molar-refractivity contribution in [2.75, 3.05) is 27.2 Å². The Kier molecular flexibility index (Phi) is 3.77. The number of esters is 1. The fourth-order valence-electron chi connectivity index (χ4n) is 2.20. The van der Waals surface area contributed by atoms with E-state index < -0.39 is 0 Å². The number of nitrogens with zero attached hydrogens (tertiary/aromatic N) is 1. The summed E-state index contributed by atoms with van der Waals surface area (Å²) in [4.78, 5) is 13.8. The fraction of sp³-hybridized carbons (Fsp3) is 0.357. The molecule has 0 spiro atoms. The number of hydrogen-bond donors (Lipinski definition) is 0. The zero-order valence-corrected chi connectivity index (χ0v) is 10.6. The third-order valence-electron chi connectivity index (χ3n) is 3.17. The molecule has 2 rings (SSSR count). The molecule has 0 aromatic heterocycles. The Morgan fingerprint density at radius 2 is 2.11 bits per heavy atom. The Morgan fingerprint density at radius 3 is 2.78 bits per heavy atom. The Bertz CT molecular complexity index is 496. The van der Waals surface area contributed by atoms with Gasteiger partial charge in [-0.3, -0.25) is 0 Å². The molecule has 0 fully saturated rings. The smallest absolute Gasteiger partial charge is 0.334 e. The lowest BCUT2D eigenvalue weighted by molar-refractivity contribution is -0.136. The van der Waals surface area contributed by atoms with Gasteiger partial charge in [-0.25, -0.2) is 9.18 Å². The number of carbonyl (C=O) groups excluding carboxylic acids is 1. The van der Waals surface area contributed by atoms with E-state index in [0.29, 0.717) is 24.1 Å². The van der Waals surface area contributed by atoms with E-state index in [0.717, 1.165) is 12.1 Å². The van der Waals surface area contributed by atoms with Gasteiger partial charge in [0.15, 0.2) is 0 Å². The summed E-state index contributed by atoms with van der Waals surface area (Å²) in [6.45, 7) is 1.34. The van der Waals surface area contributed by atoms with Crippen molar-refractivity contribution in [3.63, 3.8) is 0 Å². The van der Waals surface area contributed by atoms with Gasteiger partial charge in [-0.1, -0.05) is 18.2 Å². The lowest BCUT2D eigenvalue weighted by Crippen LogP contribution is -2.30. The number of rotatable bonds is 2. The first-order valence-electron chi connectivity index (χ1n) is 5.87. The van der Waals surface area contributed by atoms with Crippen LogP contribution in [0.25, 0.3) is 5.57 Å². The van der Waals surface area contributed by atoms with Gasteiger partial charge >= 0.3 is 5.97 Å². The van der Waals surface area contributed by atoms with Crippen molar-refractivity contribution in [2.24, 2.45) is 0 Å². The van der Waals surface area contributed by atoms with Crippen LogP contribution in [0, 0.1) is 5.82 Å². The van der Waals surface area contributed by atoms with E-state index in [9.17, 15) is 9.18 Å². The molecule has 18 heavy (non-hydrogen) atoms. The molecule has 1 heterocycles. The molecule has 0 radical (unpaired) electrons. The van der Waals surface area contributed by atoms with Gasteiger partial charge in [0.25, 0.3) is 0 Å². The van der Waals surface area contributed by atoms with E-state index in [1.807, 2.05) is 7.05 Å². The molecule has 0 N–H and O–H groups in total. The van der Waals surface area contributed by atoms with E-state index in [1.54, 1.807) is 18.2 Å². The zero-order chi connectivity index (χ0) is 13.1. The van der Waals surface area contributed by atoms with Crippen LogP contribution in [-0.2, 0) is 9.53 Å². The molecule has 1 aromatic rings. The number of halogens is 1. The van der Waals surface area contributed by atoms with Gasteiger partial charge in [-0.05, 0) is 25.1 Å². The summed E-state index contributed by atoms with van der Waals surface area (Å²) >= 11 is 0. The SMILES string of the molecule is COC(=O)C1=C(c2ccccc2F)CN(C)CC1. The van der Waals surface area contributed by atoms with Crippen LogP contribution < -0.4 is 0 Å². The maximum absolute atomic E-state index is 13.8. The summed E-state index contributed by atoms with van der Waals surface area (Å²) < 4.78 is 18.6. The van der Waals surface area contributed by atoms with Crippen LogP contribution in [0.2, 0.25) is 0 Å². The Balaban J connectivity index is 2.51. The van der Waals surface area contributed by atoms with Crippen LogP contribution in [0.4, 0.5) is 4.39 Å². The van der Waals surface area contributed by atoms with Gasteiger partial charge in [0.05, 0.1) is 7.11 Å². The minimum Gasteiger partial charge on any atom is -0.466 e. The van der Waals surface area contributed by atoms with Crippen LogP contribution in [0.3, 0.4) is 0 Å². The van der Waals surface area contributed by atoms with E-state index in [2.05, 4.69) is 4.90 Å². The maximum atomic E-state index is 13.8. The molecule has 4 heteroatoms. The van der Waals surface area contributed by atoms with Gasteiger partial charge in [-0.15, -0.1) is 0 Å². The van der Waals surface area contributed by atoms with E-state index in [4.69, 9.17) is 4.74 Å². The molecule has 3 nitrogen and oxygen atoms in total. The number of benzene rings is 1. The Hall–Kier alpha value is -1.68. The van der Waals surface area contributed by atoms with Crippen molar-refractivity contribution in [1.29, 1.82) is 0 Å². The largest absolute Gasteiger partial charge is 0.466 e. The molecule has 96 valence electrons. The van der Waals surface area contributed by atoms with Crippen LogP contribution >= 0.6 is 0 Å². The molecular weight excluding hydrogens is 233 g/mol. The lowest BCUT2D eigenvalue weighted by atomic mass is 9.94. The van der Waals surface area contributed by atoms with Gasteiger partial charge in [0.2, 0.25) is 0 Å². The molecule has 0 atom stereocenters. The number of likely N-dealkylation sites (N-methyl/N-ethyl adjacent to an activating group) is 1. The highest BCUT2D eigenvalue weighted by atomic mass is 19.1. The molecule has 0 amide bonds. The summed E-state index contributed by atoms with van der Waals surface area (Å²) in [5, 5.41) is 0. The molecule has 1 aromatic carbocycles. The fourth-order valence-corrected chi connectivity index (χ4v) is 2.20. The average Bonchev–Trinajstić information content (AvgIpc) is 2.38. The molecule has 1 aliphatic heterocycles. The van der Waals surface area contributed by atoms with Crippen LogP contribution in [0.1, 0.15) is 12.0 Å². The van der Waals surface area contributed by atoms with Crippen LogP contribution in [-0.4, -0.2) is 38.1 Å². The standard InChI is InChI=1S/C14H16FNO2/c1-16-8-7-11(14(17)18-2)12(9-16)10-5-3-4-6-13(10)15/h3-6H,7-9H2,1-2H3. The monoisotopic (exact) mass is 249 g/mol. The van der Waals surface area contributed by atoms with Gasteiger partial charge in [-0.2, -0.15) is 0 Å². The molecule has 0 aliphatic carbocycles. The van der Waals surface area contributed by atoms with Crippen molar-refractivity contribution >= 4 is 11.5 Å². The number of hydrogen-bond acceptors (Lipinski definition) is 3. The summed E-state index contributed by atoms with van der Waals surface area (Å²) in [6, 6.07) is 6.53. The average molecular weight is 249 g/mol. The maximum Gasteiger partial charge on any atom is 0.334 e. The highest BCUT2D eigenvalue weighted by molar-refractivity contribution is 5.98. The minimum atomic E-state index is -0.360. The third kappa shape index (κ3) is 2.43. The van der Waals surface area contributed by atoms with Crippen molar-refractivity contribution < 1.29 is 13.9 Å². The van der Waals surface area contributed by atoms with Crippen molar-refractivity contribution in [2.45, 2.75) is 6.42 Å². The molecule has 0 saturated heterocycles. The van der Waals surface area contributed by atoms with Gasteiger partial charge in [0.1, 0.15) is 5.82 Å². The second-order valence-electron chi connectivity index (χ2n) is 4.42. The molecule has 1 aliphatic rings. The summed E-state index contributed by atoms with van der Waals surface area (Å²) in [6.07, 6.45) is 0.590. The zero-order valence-electron chi connectivity index (χ0n) is 10.6.